The number of esters is 1. The molecule has 0 aromatic rings. The highest BCUT2D eigenvalue weighted by molar-refractivity contribution is 6.02. The Morgan fingerprint density at radius 2 is 2.00 bits per heavy atom. The number of carbonyl (C=O) groups is 2. The largest absolute Gasteiger partial charge is 0.480 e. The lowest BCUT2D eigenvalue weighted by molar-refractivity contribution is -0.171. The van der Waals surface area contributed by atoms with E-state index in [2.05, 4.69) is 0 Å². The number of aliphatic hydroxyl groups is 1. The van der Waals surface area contributed by atoms with Gasteiger partial charge in [0.25, 0.3) is 0 Å². The van der Waals surface area contributed by atoms with Crippen LogP contribution in [0, 0.1) is 10.8 Å². The van der Waals surface area contributed by atoms with Crippen molar-refractivity contribution in [2.45, 2.75) is 45.3 Å². The first-order valence-electron chi connectivity index (χ1n) is 5.35. The predicted octanol–water partition coefficient (Wildman–Crippen LogP) is 0.554. The van der Waals surface area contributed by atoms with Gasteiger partial charge in [0.1, 0.15) is 5.60 Å². The van der Waals surface area contributed by atoms with E-state index < -0.39 is 34.5 Å². The number of aliphatic carboxylic acids is 1. The summed E-state index contributed by atoms with van der Waals surface area (Å²) in [7, 11) is 0. The number of carboxylic acids is 1. The zero-order valence-electron chi connectivity index (χ0n) is 9.61. The molecule has 0 spiro atoms. The molecule has 0 unspecified atom stereocenters. The first-order chi connectivity index (χ1) is 7.20. The summed E-state index contributed by atoms with van der Waals surface area (Å²) in [4.78, 5) is 23.3. The normalized spacial score (nSPS) is 45.2. The lowest BCUT2D eigenvalue weighted by atomic mass is 9.53. The minimum absolute atomic E-state index is 0.130. The third-order valence-corrected chi connectivity index (χ3v) is 4.75. The minimum atomic E-state index is -1.51. The standard InChI is InChI=1S/C11H16O5/c1-9(2)10(3)6(12)4-5-11(9,7(13)14)8(15)16-10/h6,12H,4-5H2,1-3H3,(H,13,14)/t6-,10+,11+/m0/s1. The lowest BCUT2D eigenvalue weighted by Gasteiger charge is -2.48. The maximum atomic E-state index is 11.9. The lowest BCUT2D eigenvalue weighted by Crippen LogP contribution is -2.60. The van der Waals surface area contributed by atoms with Gasteiger partial charge in [-0.1, -0.05) is 13.8 Å². The first-order valence-corrected chi connectivity index (χ1v) is 5.35. The van der Waals surface area contributed by atoms with Gasteiger partial charge >= 0.3 is 11.9 Å². The molecule has 0 radical (unpaired) electrons. The van der Waals surface area contributed by atoms with E-state index in [-0.39, 0.29) is 12.8 Å². The molecule has 1 saturated carbocycles. The number of ether oxygens (including phenoxy) is 1. The number of rotatable bonds is 1. The van der Waals surface area contributed by atoms with Crippen LogP contribution < -0.4 is 0 Å². The van der Waals surface area contributed by atoms with Gasteiger partial charge in [-0.2, -0.15) is 0 Å². The summed E-state index contributed by atoms with van der Waals surface area (Å²) in [6.07, 6.45) is -0.399. The second-order valence-corrected chi connectivity index (χ2v) is 5.39. The summed E-state index contributed by atoms with van der Waals surface area (Å²) in [6.45, 7) is 4.96. The van der Waals surface area contributed by atoms with Crippen molar-refractivity contribution in [1.82, 2.24) is 0 Å². The van der Waals surface area contributed by atoms with Crippen LogP contribution in [0.4, 0.5) is 0 Å². The molecule has 2 aliphatic rings. The molecule has 90 valence electrons. The van der Waals surface area contributed by atoms with Crippen molar-refractivity contribution in [2.75, 3.05) is 0 Å². The van der Waals surface area contributed by atoms with Crippen LogP contribution in [0.3, 0.4) is 0 Å². The Morgan fingerprint density at radius 3 is 2.50 bits per heavy atom. The molecule has 0 amide bonds. The predicted molar refractivity (Wildman–Crippen MR) is 53.6 cm³/mol. The Balaban J connectivity index is 2.64. The van der Waals surface area contributed by atoms with Gasteiger partial charge in [-0.25, -0.2) is 0 Å². The third kappa shape index (κ3) is 0.867. The van der Waals surface area contributed by atoms with Gasteiger partial charge in [0.2, 0.25) is 0 Å². The number of carbonyl (C=O) groups excluding carboxylic acids is 1. The zero-order valence-corrected chi connectivity index (χ0v) is 9.61. The summed E-state index contributed by atoms with van der Waals surface area (Å²) >= 11 is 0. The Hall–Kier alpha value is -1.10. The van der Waals surface area contributed by atoms with Gasteiger partial charge in [0.05, 0.1) is 6.10 Å². The van der Waals surface area contributed by atoms with Crippen LogP contribution in [0.25, 0.3) is 0 Å². The summed E-state index contributed by atoms with van der Waals surface area (Å²) in [5.74, 6) is -1.87. The van der Waals surface area contributed by atoms with Crippen molar-refractivity contribution in [2.24, 2.45) is 10.8 Å². The molecule has 1 saturated heterocycles. The van der Waals surface area contributed by atoms with Crippen molar-refractivity contribution in [3.8, 4) is 0 Å². The minimum Gasteiger partial charge on any atom is -0.480 e. The van der Waals surface area contributed by atoms with E-state index in [4.69, 9.17) is 4.74 Å². The van der Waals surface area contributed by atoms with E-state index in [1.807, 2.05) is 0 Å². The third-order valence-electron chi connectivity index (χ3n) is 4.75. The van der Waals surface area contributed by atoms with Gasteiger partial charge in [0, 0.05) is 5.41 Å². The van der Waals surface area contributed by atoms with Crippen LogP contribution in [0.5, 0.6) is 0 Å². The Morgan fingerprint density at radius 1 is 1.44 bits per heavy atom. The highest BCUT2D eigenvalue weighted by atomic mass is 16.6. The fraction of sp³-hybridized carbons (Fsp3) is 0.818. The summed E-state index contributed by atoms with van der Waals surface area (Å²) in [6, 6.07) is 0. The molecule has 2 rings (SSSR count). The SMILES string of the molecule is CC1(C)[C@@]2(C(=O)O)CC[C@H](O)[C@@]1(C)OC2=O. The molecule has 1 heterocycles. The molecule has 3 atom stereocenters. The quantitative estimate of drug-likeness (QED) is 0.506. The van der Waals surface area contributed by atoms with E-state index in [0.717, 1.165) is 0 Å². The smallest absolute Gasteiger partial charge is 0.324 e. The zero-order chi connectivity index (χ0) is 12.4. The molecule has 5 nitrogen and oxygen atoms in total. The van der Waals surface area contributed by atoms with Crippen LogP contribution in [0.1, 0.15) is 33.6 Å². The molecule has 1 aliphatic heterocycles. The number of carboxylic acid groups (broad SMARTS) is 1. The van der Waals surface area contributed by atoms with Gasteiger partial charge < -0.3 is 14.9 Å². The maximum absolute atomic E-state index is 11.9. The van der Waals surface area contributed by atoms with Crippen LogP contribution in [-0.2, 0) is 14.3 Å². The maximum Gasteiger partial charge on any atom is 0.324 e. The van der Waals surface area contributed by atoms with Crippen LogP contribution in [-0.4, -0.2) is 33.9 Å². The molecule has 16 heavy (non-hydrogen) atoms. The molecular weight excluding hydrogens is 212 g/mol. The van der Waals surface area contributed by atoms with E-state index in [0.29, 0.717) is 0 Å². The average molecular weight is 228 g/mol. The molecule has 0 aromatic carbocycles. The molecule has 2 bridgehead atoms. The first kappa shape index (κ1) is 11.4. The van der Waals surface area contributed by atoms with Crippen molar-refractivity contribution in [3.05, 3.63) is 0 Å². The fourth-order valence-corrected chi connectivity index (χ4v) is 3.08. The second kappa shape index (κ2) is 2.77. The van der Waals surface area contributed by atoms with Gasteiger partial charge in [0.15, 0.2) is 5.41 Å². The summed E-state index contributed by atoms with van der Waals surface area (Å²) < 4.78 is 5.20. The fourth-order valence-electron chi connectivity index (χ4n) is 3.08. The van der Waals surface area contributed by atoms with Crippen molar-refractivity contribution < 1.29 is 24.5 Å². The van der Waals surface area contributed by atoms with Gasteiger partial charge in [-0.3, -0.25) is 9.59 Å². The van der Waals surface area contributed by atoms with Crippen LogP contribution in [0.2, 0.25) is 0 Å². The molecule has 2 N–H and O–H groups in total. The number of hydrogen-bond acceptors (Lipinski definition) is 4. The second-order valence-electron chi connectivity index (χ2n) is 5.39. The average Bonchev–Trinajstić information content (AvgIpc) is 2.25. The van der Waals surface area contributed by atoms with E-state index in [9.17, 15) is 19.8 Å². The number of fused-ring (bicyclic) bond motifs is 2. The van der Waals surface area contributed by atoms with Gasteiger partial charge in [-0.05, 0) is 19.8 Å². The van der Waals surface area contributed by atoms with E-state index in [1.54, 1.807) is 20.8 Å². The van der Waals surface area contributed by atoms with Crippen molar-refractivity contribution >= 4 is 11.9 Å². The van der Waals surface area contributed by atoms with E-state index in [1.165, 1.54) is 0 Å². The highest BCUT2D eigenvalue weighted by Gasteiger charge is 2.76. The Kier molecular flexibility index (Phi) is 1.97. The molecule has 0 aromatic heterocycles. The monoisotopic (exact) mass is 228 g/mol. The molecule has 5 heteroatoms. The molecule has 2 fully saturated rings. The van der Waals surface area contributed by atoms with Crippen LogP contribution >= 0.6 is 0 Å². The Labute approximate surface area is 93.4 Å². The molecule has 1 aliphatic carbocycles. The number of aliphatic hydroxyl groups excluding tert-OH is 1. The molecular formula is C11H16O5. The number of hydrogen-bond donors (Lipinski definition) is 2. The summed E-state index contributed by atoms with van der Waals surface area (Å²) in [5, 5.41) is 19.3. The van der Waals surface area contributed by atoms with E-state index >= 15 is 0 Å². The summed E-state index contributed by atoms with van der Waals surface area (Å²) in [5.41, 5.74) is -3.54. The van der Waals surface area contributed by atoms with Crippen LogP contribution in [0.15, 0.2) is 0 Å². The highest BCUT2D eigenvalue weighted by Crippen LogP contribution is 2.62. The topological polar surface area (TPSA) is 83.8 Å². The van der Waals surface area contributed by atoms with Gasteiger partial charge in [-0.15, -0.1) is 0 Å². The van der Waals surface area contributed by atoms with Crippen molar-refractivity contribution in [3.63, 3.8) is 0 Å². The van der Waals surface area contributed by atoms with Crippen molar-refractivity contribution in [1.29, 1.82) is 0 Å². The Bertz CT molecular complexity index is 375.